The molecule has 0 atom stereocenters. The molecule has 138 valence electrons. The molecule has 1 aromatic carbocycles. The van der Waals surface area contributed by atoms with Crippen LogP contribution < -0.4 is 0 Å². The highest BCUT2D eigenvalue weighted by Crippen LogP contribution is 2.25. The summed E-state index contributed by atoms with van der Waals surface area (Å²) in [6.45, 7) is 6.88. The third kappa shape index (κ3) is 4.77. The van der Waals surface area contributed by atoms with Crippen molar-refractivity contribution >= 4 is 11.8 Å². The summed E-state index contributed by atoms with van der Waals surface area (Å²) in [4.78, 5) is 28.2. The number of rotatable bonds is 3. The first-order valence-electron chi connectivity index (χ1n) is 8.58. The summed E-state index contributed by atoms with van der Waals surface area (Å²) in [5, 5.41) is 0. The molecule has 1 aliphatic rings. The summed E-state index contributed by atoms with van der Waals surface area (Å²) >= 11 is 0. The third-order valence-corrected chi connectivity index (χ3v) is 4.57. The molecule has 2 amide bonds. The van der Waals surface area contributed by atoms with Gasteiger partial charge in [0.25, 0.3) is 0 Å². The van der Waals surface area contributed by atoms with E-state index >= 15 is 0 Å². The first-order chi connectivity index (χ1) is 11.6. The molecule has 0 aliphatic carbocycles. The summed E-state index contributed by atoms with van der Waals surface area (Å²) in [5.41, 5.74) is -0.133. The average Bonchev–Trinajstić information content (AvgIpc) is 2.55. The van der Waals surface area contributed by atoms with Crippen molar-refractivity contribution in [3.05, 3.63) is 35.4 Å². The molecule has 1 heterocycles. The van der Waals surface area contributed by atoms with E-state index in [2.05, 4.69) is 0 Å². The first kappa shape index (κ1) is 19.3. The minimum Gasteiger partial charge on any atom is -0.342 e. The smallest absolute Gasteiger partial charge is 0.227 e. The second-order valence-corrected chi connectivity index (χ2v) is 7.75. The molecular formula is C19H26F2N2O2. The molecule has 25 heavy (non-hydrogen) atoms. The van der Waals surface area contributed by atoms with Crippen molar-refractivity contribution in [1.29, 1.82) is 0 Å². The number of nitrogens with zero attached hydrogens (tertiary/aromatic N) is 2. The largest absolute Gasteiger partial charge is 0.342 e. The van der Waals surface area contributed by atoms with E-state index in [4.69, 9.17) is 0 Å². The van der Waals surface area contributed by atoms with Crippen LogP contribution in [0.25, 0.3) is 0 Å². The van der Waals surface area contributed by atoms with Gasteiger partial charge in [0.1, 0.15) is 11.6 Å². The van der Waals surface area contributed by atoms with Gasteiger partial charge in [-0.1, -0.05) is 26.8 Å². The van der Waals surface area contributed by atoms with Gasteiger partial charge in [-0.05, 0) is 18.9 Å². The van der Waals surface area contributed by atoms with Crippen LogP contribution >= 0.6 is 0 Å². The Balaban J connectivity index is 1.92. The Kier molecular flexibility index (Phi) is 5.80. The second kappa shape index (κ2) is 7.50. The van der Waals surface area contributed by atoms with Gasteiger partial charge < -0.3 is 9.80 Å². The Hall–Kier alpha value is -1.98. The van der Waals surface area contributed by atoms with E-state index in [9.17, 15) is 18.4 Å². The lowest BCUT2D eigenvalue weighted by Gasteiger charge is -2.36. The Morgan fingerprint density at radius 3 is 2.32 bits per heavy atom. The van der Waals surface area contributed by atoms with Gasteiger partial charge >= 0.3 is 0 Å². The highest BCUT2D eigenvalue weighted by molar-refractivity contribution is 5.82. The van der Waals surface area contributed by atoms with Crippen molar-refractivity contribution in [3.8, 4) is 0 Å². The van der Waals surface area contributed by atoms with E-state index in [1.54, 1.807) is 7.05 Å². The summed E-state index contributed by atoms with van der Waals surface area (Å²) in [6.07, 6.45) is 1.22. The molecule has 0 saturated carbocycles. The minimum absolute atomic E-state index is 0.0633. The fraction of sp³-hybridized carbons (Fsp3) is 0.579. The van der Waals surface area contributed by atoms with Crippen molar-refractivity contribution in [2.75, 3.05) is 20.1 Å². The first-order valence-corrected chi connectivity index (χ1v) is 8.58. The lowest BCUT2D eigenvalue weighted by atomic mass is 9.90. The van der Waals surface area contributed by atoms with Crippen LogP contribution in [0, 0.1) is 23.0 Å². The van der Waals surface area contributed by atoms with E-state index < -0.39 is 17.0 Å². The standard InChI is InChI=1S/C19H26F2N2O2/c1-19(2,3)18(25)23-9-7-13(8-10-23)17(24)22(4)12-14-5-6-15(20)11-16(14)21/h5-6,11,13H,7-10,12H2,1-4H3. The number of hydrogen-bond donors (Lipinski definition) is 0. The zero-order chi connectivity index (χ0) is 18.8. The molecule has 6 heteroatoms. The number of piperidine rings is 1. The Morgan fingerprint density at radius 2 is 1.80 bits per heavy atom. The fourth-order valence-corrected chi connectivity index (χ4v) is 3.10. The quantitative estimate of drug-likeness (QED) is 0.838. The molecule has 0 bridgehead atoms. The van der Waals surface area contributed by atoms with Gasteiger partial charge in [-0.3, -0.25) is 9.59 Å². The van der Waals surface area contributed by atoms with E-state index in [1.165, 1.54) is 17.0 Å². The molecule has 1 aliphatic heterocycles. The average molecular weight is 352 g/mol. The summed E-state index contributed by atoms with van der Waals surface area (Å²) in [7, 11) is 1.62. The number of likely N-dealkylation sites (tertiary alicyclic amines) is 1. The molecule has 0 N–H and O–H groups in total. The minimum atomic E-state index is -0.648. The third-order valence-electron chi connectivity index (χ3n) is 4.57. The van der Waals surface area contributed by atoms with Crippen LogP contribution in [0.5, 0.6) is 0 Å². The number of amides is 2. The van der Waals surface area contributed by atoms with Crippen LogP contribution in [0.2, 0.25) is 0 Å². The predicted molar refractivity (Wildman–Crippen MR) is 91.6 cm³/mol. The van der Waals surface area contributed by atoms with Crippen molar-refractivity contribution in [3.63, 3.8) is 0 Å². The number of benzene rings is 1. The lowest BCUT2D eigenvalue weighted by Crippen LogP contribution is -2.46. The van der Waals surface area contributed by atoms with Gasteiger partial charge in [-0.25, -0.2) is 8.78 Å². The maximum Gasteiger partial charge on any atom is 0.227 e. The number of carbonyl (C=O) groups is 2. The molecule has 1 saturated heterocycles. The maximum atomic E-state index is 13.7. The van der Waals surface area contributed by atoms with Crippen molar-refractivity contribution in [1.82, 2.24) is 9.80 Å². The zero-order valence-corrected chi connectivity index (χ0v) is 15.3. The monoisotopic (exact) mass is 352 g/mol. The predicted octanol–water partition coefficient (Wildman–Crippen LogP) is 3.21. The fourth-order valence-electron chi connectivity index (χ4n) is 3.10. The molecule has 0 spiro atoms. The van der Waals surface area contributed by atoms with Gasteiger partial charge in [-0.2, -0.15) is 0 Å². The molecule has 2 rings (SSSR count). The highest BCUT2D eigenvalue weighted by Gasteiger charge is 2.33. The van der Waals surface area contributed by atoms with Crippen molar-refractivity contribution in [2.45, 2.75) is 40.2 Å². The van der Waals surface area contributed by atoms with Gasteiger partial charge in [0.2, 0.25) is 11.8 Å². The van der Waals surface area contributed by atoms with Gasteiger partial charge in [0, 0.05) is 49.6 Å². The van der Waals surface area contributed by atoms with Crippen molar-refractivity contribution < 1.29 is 18.4 Å². The van der Waals surface area contributed by atoms with Crippen LogP contribution in [-0.4, -0.2) is 41.8 Å². The number of carbonyl (C=O) groups excluding carboxylic acids is 2. The van der Waals surface area contributed by atoms with Gasteiger partial charge in [0.15, 0.2) is 0 Å². The number of hydrogen-bond acceptors (Lipinski definition) is 2. The molecule has 0 unspecified atom stereocenters. The molecule has 0 radical (unpaired) electrons. The second-order valence-electron chi connectivity index (χ2n) is 7.75. The van der Waals surface area contributed by atoms with E-state index in [1.807, 2.05) is 25.7 Å². The SMILES string of the molecule is CN(Cc1ccc(F)cc1F)C(=O)C1CCN(C(=O)C(C)(C)C)CC1. The van der Waals surface area contributed by atoms with Crippen molar-refractivity contribution in [2.24, 2.45) is 11.3 Å². The summed E-state index contributed by atoms with van der Waals surface area (Å²) < 4.78 is 26.7. The molecule has 0 aromatic heterocycles. The van der Waals surface area contributed by atoms with E-state index in [0.29, 0.717) is 25.9 Å². The maximum absolute atomic E-state index is 13.7. The van der Waals surface area contributed by atoms with Crippen LogP contribution in [0.3, 0.4) is 0 Å². The van der Waals surface area contributed by atoms with E-state index in [0.717, 1.165) is 6.07 Å². The zero-order valence-electron chi connectivity index (χ0n) is 15.3. The Labute approximate surface area is 147 Å². The van der Waals surface area contributed by atoms with Crippen LogP contribution in [0.1, 0.15) is 39.2 Å². The molecule has 1 fully saturated rings. The topological polar surface area (TPSA) is 40.6 Å². The number of halogens is 2. The Bertz CT molecular complexity index is 647. The van der Waals surface area contributed by atoms with Gasteiger partial charge in [0.05, 0.1) is 0 Å². The summed E-state index contributed by atoms with van der Waals surface area (Å²) in [6, 6.07) is 3.37. The molecular weight excluding hydrogens is 326 g/mol. The van der Waals surface area contributed by atoms with Crippen LogP contribution in [-0.2, 0) is 16.1 Å². The normalized spacial score (nSPS) is 16.0. The van der Waals surface area contributed by atoms with Gasteiger partial charge in [-0.15, -0.1) is 0 Å². The molecule has 4 nitrogen and oxygen atoms in total. The van der Waals surface area contributed by atoms with Crippen LogP contribution in [0.15, 0.2) is 18.2 Å². The Morgan fingerprint density at radius 1 is 1.20 bits per heavy atom. The van der Waals surface area contributed by atoms with E-state index in [-0.39, 0.29) is 29.8 Å². The highest BCUT2D eigenvalue weighted by atomic mass is 19.1. The lowest BCUT2D eigenvalue weighted by molar-refractivity contribution is -0.144. The van der Waals surface area contributed by atoms with Crippen LogP contribution in [0.4, 0.5) is 8.78 Å². The molecule has 1 aromatic rings. The summed E-state index contributed by atoms with van der Waals surface area (Å²) in [5.74, 6) is -1.42.